The molecule has 0 bridgehead atoms. The van der Waals surface area contributed by atoms with E-state index in [1.54, 1.807) is 0 Å². The minimum atomic E-state index is 0.0560. The number of carbonyl (C=O) groups excluding carboxylic acids is 1. The second-order valence-corrected chi connectivity index (χ2v) is 9.27. The van der Waals surface area contributed by atoms with E-state index in [0.717, 1.165) is 44.2 Å². The van der Waals surface area contributed by atoms with Gasteiger partial charge >= 0.3 is 0 Å². The zero-order valence-corrected chi connectivity index (χ0v) is 18.8. The van der Waals surface area contributed by atoms with E-state index in [2.05, 4.69) is 57.6 Å². The van der Waals surface area contributed by atoms with Crippen LogP contribution in [0.15, 0.2) is 54.6 Å². The fourth-order valence-corrected chi connectivity index (χ4v) is 4.98. The lowest BCUT2D eigenvalue weighted by atomic mass is 9.90. The van der Waals surface area contributed by atoms with Crippen molar-refractivity contribution in [1.29, 1.82) is 0 Å². The summed E-state index contributed by atoms with van der Waals surface area (Å²) in [6, 6.07) is 19.1. The fraction of sp³-hybridized carbons (Fsp3) is 0.519. The molecule has 4 heteroatoms. The monoisotopic (exact) mass is 419 g/mol. The second kappa shape index (κ2) is 11.4. The molecular weight excluding hydrogens is 382 g/mol. The number of carbonyl (C=O) groups is 1. The lowest BCUT2D eigenvalue weighted by Crippen LogP contribution is -2.37. The average molecular weight is 420 g/mol. The summed E-state index contributed by atoms with van der Waals surface area (Å²) < 4.78 is 0. The Morgan fingerprint density at radius 1 is 0.839 bits per heavy atom. The van der Waals surface area contributed by atoms with Crippen LogP contribution in [-0.4, -0.2) is 55.0 Å². The Morgan fingerprint density at radius 2 is 1.58 bits per heavy atom. The van der Waals surface area contributed by atoms with Crippen LogP contribution in [0.4, 0.5) is 0 Å². The molecule has 2 aliphatic rings. The van der Waals surface area contributed by atoms with Crippen LogP contribution in [0.1, 0.15) is 53.6 Å². The number of nitrogens with one attached hydrogen (secondary N) is 1. The van der Waals surface area contributed by atoms with Gasteiger partial charge in [0.15, 0.2) is 0 Å². The highest BCUT2D eigenvalue weighted by atomic mass is 16.1. The Hall–Kier alpha value is -2.17. The van der Waals surface area contributed by atoms with Crippen molar-refractivity contribution in [3.05, 3.63) is 71.3 Å². The smallest absolute Gasteiger partial charge is 0.251 e. The first-order valence-electron chi connectivity index (χ1n) is 12.1. The quantitative estimate of drug-likeness (QED) is 0.691. The molecule has 0 aliphatic carbocycles. The molecule has 31 heavy (non-hydrogen) atoms. The van der Waals surface area contributed by atoms with Gasteiger partial charge in [-0.1, -0.05) is 48.9 Å². The third-order valence-electron chi connectivity index (χ3n) is 6.83. The molecule has 2 aromatic carbocycles. The summed E-state index contributed by atoms with van der Waals surface area (Å²) in [5, 5.41) is 3.11. The summed E-state index contributed by atoms with van der Waals surface area (Å²) in [4.78, 5) is 17.6. The maximum Gasteiger partial charge on any atom is 0.251 e. The first-order valence-corrected chi connectivity index (χ1v) is 12.1. The second-order valence-electron chi connectivity index (χ2n) is 9.27. The molecule has 0 saturated carbocycles. The van der Waals surface area contributed by atoms with E-state index in [9.17, 15) is 4.79 Å². The van der Waals surface area contributed by atoms with Crippen LogP contribution >= 0.6 is 0 Å². The van der Waals surface area contributed by atoms with Crippen LogP contribution in [0, 0.1) is 5.92 Å². The van der Waals surface area contributed by atoms with Gasteiger partial charge in [0.1, 0.15) is 0 Å². The number of likely N-dealkylation sites (tertiary alicyclic amines) is 2. The maximum absolute atomic E-state index is 12.6. The number of hydrogen-bond donors (Lipinski definition) is 1. The van der Waals surface area contributed by atoms with Crippen molar-refractivity contribution in [3.8, 4) is 0 Å². The van der Waals surface area contributed by atoms with E-state index >= 15 is 0 Å². The van der Waals surface area contributed by atoms with Gasteiger partial charge in [0, 0.05) is 25.2 Å². The van der Waals surface area contributed by atoms with Gasteiger partial charge in [-0.05, 0) is 87.5 Å². The molecule has 2 aromatic rings. The Morgan fingerprint density at radius 3 is 2.35 bits per heavy atom. The standard InChI is InChI=1S/C27H37N3O/c31-27(28-14-19-29-15-5-2-6-16-29)26-11-7-10-25(21-26)22-30-17-12-24(13-18-30)20-23-8-3-1-4-9-23/h1,3-4,7-11,21,24H,2,5-6,12-20,22H2,(H,28,31). The molecule has 0 aromatic heterocycles. The Kier molecular flexibility index (Phi) is 8.14. The normalized spacial score (nSPS) is 18.7. The van der Waals surface area contributed by atoms with E-state index in [1.807, 2.05) is 12.1 Å². The molecule has 0 atom stereocenters. The van der Waals surface area contributed by atoms with Gasteiger partial charge in [-0.2, -0.15) is 0 Å². The van der Waals surface area contributed by atoms with Crippen molar-refractivity contribution in [1.82, 2.24) is 15.1 Å². The molecule has 1 N–H and O–H groups in total. The van der Waals surface area contributed by atoms with Crippen LogP contribution in [0.5, 0.6) is 0 Å². The molecule has 4 nitrogen and oxygen atoms in total. The number of benzene rings is 2. The first kappa shape index (κ1) is 22.0. The van der Waals surface area contributed by atoms with Crippen molar-refractivity contribution in [3.63, 3.8) is 0 Å². The minimum Gasteiger partial charge on any atom is -0.351 e. The molecule has 4 rings (SSSR count). The summed E-state index contributed by atoms with van der Waals surface area (Å²) in [5.41, 5.74) is 3.49. The Labute approximate surface area is 187 Å². The minimum absolute atomic E-state index is 0.0560. The van der Waals surface area contributed by atoms with Gasteiger partial charge in [-0.15, -0.1) is 0 Å². The first-order chi connectivity index (χ1) is 15.3. The average Bonchev–Trinajstić information content (AvgIpc) is 2.82. The molecular formula is C27H37N3O. The number of piperidine rings is 2. The summed E-state index contributed by atoms with van der Waals surface area (Å²) in [7, 11) is 0. The lowest BCUT2D eigenvalue weighted by Gasteiger charge is -2.32. The maximum atomic E-state index is 12.6. The van der Waals surface area contributed by atoms with E-state index in [-0.39, 0.29) is 5.91 Å². The lowest BCUT2D eigenvalue weighted by molar-refractivity contribution is 0.0946. The van der Waals surface area contributed by atoms with Gasteiger partial charge in [-0.25, -0.2) is 0 Å². The largest absolute Gasteiger partial charge is 0.351 e. The van der Waals surface area contributed by atoms with Gasteiger partial charge < -0.3 is 10.2 Å². The van der Waals surface area contributed by atoms with E-state index in [4.69, 9.17) is 0 Å². The number of amides is 1. The van der Waals surface area contributed by atoms with Crippen molar-refractivity contribution in [2.45, 2.75) is 45.1 Å². The number of hydrogen-bond acceptors (Lipinski definition) is 3. The zero-order chi connectivity index (χ0) is 21.3. The van der Waals surface area contributed by atoms with E-state index < -0.39 is 0 Å². The van der Waals surface area contributed by atoms with Gasteiger partial charge in [0.05, 0.1) is 0 Å². The highest BCUT2D eigenvalue weighted by Crippen LogP contribution is 2.23. The third-order valence-corrected chi connectivity index (χ3v) is 6.83. The van der Waals surface area contributed by atoms with Crippen LogP contribution in [0.25, 0.3) is 0 Å². The summed E-state index contributed by atoms with van der Waals surface area (Å²) >= 11 is 0. The van der Waals surface area contributed by atoms with Crippen LogP contribution in [0.3, 0.4) is 0 Å². The summed E-state index contributed by atoms with van der Waals surface area (Å²) in [6.45, 7) is 7.27. The molecule has 166 valence electrons. The SMILES string of the molecule is O=C(NCCN1CCCCC1)c1cccc(CN2CCC(Cc3ccccc3)CC2)c1. The molecule has 2 heterocycles. The highest BCUT2D eigenvalue weighted by Gasteiger charge is 2.20. The predicted molar refractivity (Wildman–Crippen MR) is 127 cm³/mol. The van der Waals surface area contributed by atoms with E-state index in [0.29, 0.717) is 0 Å². The summed E-state index contributed by atoms with van der Waals surface area (Å²) in [5.74, 6) is 0.844. The Bertz CT molecular complexity index is 808. The van der Waals surface area contributed by atoms with Gasteiger partial charge in [-0.3, -0.25) is 9.69 Å². The Balaban J connectivity index is 1.21. The van der Waals surface area contributed by atoms with Crippen molar-refractivity contribution >= 4 is 5.91 Å². The molecule has 1 amide bonds. The van der Waals surface area contributed by atoms with Crippen molar-refractivity contribution in [2.75, 3.05) is 39.3 Å². The third kappa shape index (κ3) is 6.91. The fourth-order valence-electron chi connectivity index (χ4n) is 4.98. The molecule has 0 unspecified atom stereocenters. The van der Waals surface area contributed by atoms with Crippen molar-refractivity contribution < 1.29 is 4.79 Å². The topological polar surface area (TPSA) is 35.6 Å². The zero-order valence-electron chi connectivity index (χ0n) is 18.8. The summed E-state index contributed by atoms with van der Waals surface area (Å²) in [6.07, 6.45) is 7.64. The molecule has 2 fully saturated rings. The molecule has 2 aliphatic heterocycles. The molecule has 0 spiro atoms. The van der Waals surface area contributed by atoms with Crippen molar-refractivity contribution in [2.24, 2.45) is 5.92 Å². The van der Waals surface area contributed by atoms with E-state index in [1.165, 1.54) is 62.7 Å². The van der Waals surface area contributed by atoms with Crippen LogP contribution in [0.2, 0.25) is 0 Å². The van der Waals surface area contributed by atoms with Gasteiger partial charge in [0.2, 0.25) is 0 Å². The van der Waals surface area contributed by atoms with Crippen LogP contribution in [-0.2, 0) is 13.0 Å². The molecule has 0 radical (unpaired) electrons. The highest BCUT2D eigenvalue weighted by molar-refractivity contribution is 5.94. The number of rotatable bonds is 8. The predicted octanol–water partition coefficient (Wildman–Crippen LogP) is 4.36. The number of nitrogens with zero attached hydrogens (tertiary/aromatic N) is 2. The molecule has 2 saturated heterocycles. The van der Waals surface area contributed by atoms with Crippen LogP contribution < -0.4 is 5.32 Å². The van der Waals surface area contributed by atoms with Gasteiger partial charge in [0.25, 0.3) is 5.91 Å².